The summed E-state index contributed by atoms with van der Waals surface area (Å²) in [4.78, 5) is 36.8. The fourth-order valence-corrected chi connectivity index (χ4v) is 11.7. The molecule has 39 heavy (non-hydrogen) atoms. The third-order valence-electron chi connectivity index (χ3n) is 13.6. The molecule has 5 aliphatic carbocycles. The number of fused-ring (bicyclic) bond motifs is 7. The standard InChI is InChI=1S/C33H51NO5/c1-20(2)27-23(36)19-33(17-18-34(37)38)16-15-31(7)22(28(27)33)9-10-25-30(6)13-12-26(39-21(3)35)29(4,5)24(30)11-14-32(25,31)8/h20,22,24-26H,9-19H2,1-8H3/t22-,24+,25-,26+,30+,31-,32-,33-/m1/s1. The summed E-state index contributed by atoms with van der Waals surface area (Å²) in [7, 11) is 0. The third-order valence-corrected chi connectivity index (χ3v) is 13.6. The summed E-state index contributed by atoms with van der Waals surface area (Å²) in [6, 6.07) is 0. The van der Waals surface area contributed by atoms with Crippen molar-refractivity contribution in [1.82, 2.24) is 0 Å². The molecule has 8 atom stereocenters. The van der Waals surface area contributed by atoms with E-state index in [4.69, 9.17) is 4.74 Å². The van der Waals surface area contributed by atoms with E-state index in [2.05, 4.69) is 48.5 Å². The average Bonchev–Trinajstić information content (AvgIpc) is 3.12. The van der Waals surface area contributed by atoms with Crippen molar-refractivity contribution in [2.45, 2.75) is 126 Å². The number of nitro groups is 1. The Hall–Kier alpha value is -1.72. The largest absolute Gasteiger partial charge is 0.462 e. The Bertz CT molecular complexity index is 1110. The molecule has 0 aromatic heterocycles. The van der Waals surface area contributed by atoms with Crippen molar-refractivity contribution < 1.29 is 19.2 Å². The molecule has 0 heterocycles. The van der Waals surface area contributed by atoms with Gasteiger partial charge < -0.3 is 4.74 Å². The Morgan fingerprint density at radius 3 is 2.28 bits per heavy atom. The molecule has 0 amide bonds. The minimum absolute atomic E-state index is 0.0236. The van der Waals surface area contributed by atoms with Crippen LogP contribution in [0.5, 0.6) is 0 Å². The summed E-state index contributed by atoms with van der Waals surface area (Å²) < 4.78 is 5.88. The highest BCUT2D eigenvalue weighted by atomic mass is 16.6. The lowest BCUT2D eigenvalue weighted by Gasteiger charge is -2.72. The number of carbonyl (C=O) groups is 2. The first-order valence-electron chi connectivity index (χ1n) is 15.6. The fraction of sp³-hybridized carbons (Fsp3) is 0.879. The van der Waals surface area contributed by atoms with Crippen LogP contribution in [0.2, 0.25) is 0 Å². The molecule has 0 bridgehead atoms. The normalized spacial score (nSPS) is 44.8. The number of ether oxygens (including phenoxy) is 1. The van der Waals surface area contributed by atoms with E-state index in [-0.39, 0.29) is 62.3 Å². The summed E-state index contributed by atoms with van der Waals surface area (Å²) in [6.45, 7) is 18.0. The van der Waals surface area contributed by atoms with Gasteiger partial charge in [-0.1, -0.05) is 54.0 Å². The minimum atomic E-state index is -0.317. The lowest BCUT2D eigenvalue weighted by atomic mass is 9.33. The molecule has 5 aliphatic rings. The Kier molecular flexibility index (Phi) is 6.75. The number of rotatable bonds is 5. The molecule has 0 aliphatic heterocycles. The molecule has 4 fully saturated rings. The maximum Gasteiger partial charge on any atom is 0.302 e. The van der Waals surface area contributed by atoms with Crippen LogP contribution < -0.4 is 0 Å². The number of allylic oxidation sites excluding steroid dienone is 2. The van der Waals surface area contributed by atoms with E-state index in [1.807, 2.05) is 0 Å². The zero-order chi connectivity index (χ0) is 28.8. The van der Waals surface area contributed by atoms with Crippen LogP contribution in [0.1, 0.15) is 120 Å². The van der Waals surface area contributed by atoms with Gasteiger partial charge in [0.25, 0.3) is 0 Å². The summed E-state index contributed by atoms with van der Waals surface area (Å²) in [5.74, 6) is 1.64. The van der Waals surface area contributed by atoms with Gasteiger partial charge in [0.1, 0.15) is 6.10 Å². The predicted octanol–water partition coefficient (Wildman–Crippen LogP) is 7.57. The van der Waals surface area contributed by atoms with Crippen LogP contribution in [0.4, 0.5) is 0 Å². The van der Waals surface area contributed by atoms with Crippen molar-refractivity contribution in [3.63, 3.8) is 0 Å². The van der Waals surface area contributed by atoms with Crippen molar-refractivity contribution in [2.24, 2.45) is 50.7 Å². The van der Waals surface area contributed by atoms with Gasteiger partial charge >= 0.3 is 5.97 Å². The van der Waals surface area contributed by atoms with Crippen molar-refractivity contribution in [2.75, 3.05) is 6.54 Å². The molecule has 6 nitrogen and oxygen atoms in total. The fourth-order valence-electron chi connectivity index (χ4n) is 11.7. The SMILES string of the molecule is CC(=O)O[C@H]1CC[C@]2(C)[C@H]3CC[C@@H]4C5=C(C(C)C)C(=O)C[C@]5(CC[N+](=O)[O-])CC[C@@]4(C)[C@]3(C)CC[C@H]2C1(C)C. The molecule has 0 aromatic rings. The molecule has 0 spiro atoms. The van der Waals surface area contributed by atoms with Gasteiger partial charge in [0, 0.05) is 35.5 Å². The van der Waals surface area contributed by atoms with Crippen LogP contribution in [0.15, 0.2) is 11.1 Å². The first-order valence-corrected chi connectivity index (χ1v) is 15.6. The van der Waals surface area contributed by atoms with Gasteiger partial charge in [0.2, 0.25) is 6.54 Å². The average molecular weight is 542 g/mol. The van der Waals surface area contributed by atoms with Gasteiger partial charge in [-0.15, -0.1) is 0 Å². The highest BCUT2D eigenvalue weighted by Gasteiger charge is 2.70. The third kappa shape index (κ3) is 3.92. The van der Waals surface area contributed by atoms with Crippen molar-refractivity contribution in [3.8, 4) is 0 Å². The van der Waals surface area contributed by atoms with E-state index in [1.165, 1.54) is 12.5 Å². The first kappa shape index (κ1) is 28.8. The number of esters is 1. The van der Waals surface area contributed by atoms with E-state index >= 15 is 0 Å². The van der Waals surface area contributed by atoms with Gasteiger partial charge in [-0.05, 0) is 96.9 Å². The zero-order valence-corrected chi connectivity index (χ0v) is 25.7. The first-order chi connectivity index (χ1) is 18.0. The lowest BCUT2D eigenvalue weighted by molar-refractivity contribution is -0.483. The maximum atomic E-state index is 13.5. The van der Waals surface area contributed by atoms with Gasteiger partial charge in [-0.2, -0.15) is 0 Å². The quantitative estimate of drug-likeness (QED) is 0.204. The summed E-state index contributed by atoms with van der Waals surface area (Å²) in [6.07, 6.45) is 9.41. The second-order valence-electron chi connectivity index (χ2n) is 15.7. The number of nitrogens with zero attached hydrogens (tertiary/aromatic N) is 1. The van der Waals surface area contributed by atoms with Gasteiger partial charge in [0.15, 0.2) is 5.78 Å². The van der Waals surface area contributed by atoms with E-state index in [9.17, 15) is 19.7 Å². The zero-order valence-electron chi connectivity index (χ0n) is 25.7. The van der Waals surface area contributed by atoms with E-state index in [1.54, 1.807) is 0 Å². The summed E-state index contributed by atoms with van der Waals surface area (Å²) >= 11 is 0. The van der Waals surface area contributed by atoms with Crippen LogP contribution in [0.3, 0.4) is 0 Å². The highest BCUT2D eigenvalue weighted by Crippen LogP contribution is 2.77. The number of hydrogen-bond acceptors (Lipinski definition) is 5. The topological polar surface area (TPSA) is 86.5 Å². The lowest BCUT2D eigenvalue weighted by Crippen LogP contribution is -2.65. The van der Waals surface area contributed by atoms with Gasteiger partial charge in [-0.3, -0.25) is 19.7 Å². The highest BCUT2D eigenvalue weighted by molar-refractivity contribution is 6.00. The molecule has 0 N–H and O–H groups in total. The van der Waals surface area contributed by atoms with Crippen LogP contribution in [-0.4, -0.2) is 29.3 Å². The monoisotopic (exact) mass is 541 g/mol. The Labute approximate surface area is 235 Å². The second kappa shape index (κ2) is 9.14. The number of ketones is 1. The molecule has 0 radical (unpaired) electrons. The van der Waals surface area contributed by atoms with Crippen LogP contribution in [0, 0.1) is 60.9 Å². The number of carbonyl (C=O) groups excluding carboxylic acids is 2. The Balaban J connectivity index is 1.54. The smallest absolute Gasteiger partial charge is 0.302 e. The summed E-state index contributed by atoms with van der Waals surface area (Å²) in [5.41, 5.74) is 2.36. The van der Waals surface area contributed by atoms with Gasteiger partial charge in [0.05, 0.1) is 0 Å². The van der Waals surface area contributed by atoms with Crippen LogP contribution in [-0.2, 0) is 14.3 Å². The Morgan fingerprint density at radius 1 is 0.974 bits per heavy atom. The molecule has 4 saturated carbocycles. The van der Waals surface area contributed by atoms with Crippen molar-refractivity contribution in [1.29, 1.82) is 0 Å². The molecule has 218 valence electrons. The van der Waals surface area contributed by atoms with Crippen molar-refractivity contribution >= 4 is 11.8 Å². The predicted molar refractivity (Wildman–Crippen MR) is 151 cm³/mol. The number of hydrogen-bond donors (Lipinski definition) is 0. The molecule has 0 aromatic carbocycles. The van der Waals surface area contributed by atoms with E-state index in [0.717, 1.165) is 56.9 Å². The molecular formula is C33H51NO5. The van der Waals surface area contributed by atoms with Crippen LogP contribution >= 0.6 is 0 Å². The minimum Gasteiger partial charge on any atom is -0.462 e. The van der Waals surface area contributed by atoms with Gasteiger partial charge in [-0.25, -0.2) is 0 Å². The molecule has 0 unspecified atom stereocenters. The molecular weight excluding hydrogens is 490 g/mol. The summed E-state index contributed by atoms with van der Waals surface area (Å²) in [5, 5.41) is 11.5. The van der Waals surface area contributed by atoms with E-state index in [0.29, 0.717) is 30.6 Å². The molecule has 5 rings (SSSR count). The Morgan fingerprint density at radius 2 is 1.67 bits per heavy atom. The van der Waals surface area contributed by atoms with Crippen molar-refractivity contribution in [3.05, 3.63) is 21.3 Å². The molecule has 6 heteroatoms. The van der Waals surface area contributed by atoms with E-state index < -0.39 is 0 Å². The maximum absolute atomic E-state index is 13.5. The number of Topliss-reactive ketones (excluding diaryl/α,β-unsaturated/α-hetero) is 1. The molecule has 0 saturated heterocycles. The second-order valence-corrected chi connectivity index (χ2v) is 15.7. The van der Waals surface area contributed by atoms with Crippen LogP contribution in [0.25, 0.3) is 0 Å².